The Morgan fingerprint density at radius 2 is 1.88 bits per heavy atom. The van der Waals surface area contributed by atoms with Crippen LogP contribution in [0.2, 0.25) is 0 Å². The fourth-order valence-electron chi connectivity index (χ4n) is 4.46. The van der Waals surface area contributed by atoms with Crippen LogP contribution in [-0.2, 0) is 25.7 Å². The van der Waals surface area contributed by atoms with Crippen molar-refractivity contribution >= 4 is 46.6 Å². The van der Waals surface area contributed by atoms with Crippen LogP contribution in [0.25, 0.3) is 0 Å². The summed E-state index contributed by atoms with van der Waals surface area (Å²) in [4.78, 5) is 58.1. The molecule has 4 heterocycles. The Bertz CT molecular complexity index is 1330. The number of thiazole rings is 1. The largest absolute Gasteiger partial charge is 0.465 e. The maximum absolute atomic E-state index is 13.7. The molecule has 1 saturated heterocycles. The first-order valence-corrected chi connectivity index (χ1v) is 12.5. The van der Waals surface area contributed by atoms with Crippen molar-refractivity contribution in [1.82, 2.24) is 9.55 Å². The zero-order valence-corrected chi connectivity index (χ0v) is 20.1. The van der Waals surface area contributed by atoms with E-state index in [1.165, 1.54) is 21.2 Å². The SMILES string of the molecule is CCOC(=O)Cn1c2c(sc1=O)[C@H](c1cccnc1)C1C(=O)N(c3ccc(C)cc3)C(=O)C1S2. The van der Waals surface area contributed by atoms with Gasteiger partial charge in [0.05, 0.1) is 23.2 Å². The maximum Gasteiger partial charge on any atom is 0.326 e. The van der Waals surface area contributed by atoms with Crippen LogP contribution in [0.5, 0.6) is 0 Å². The van der Waals surface area contributed by atoms with Crippen LogP contribution in [0.1, 0.15) is 28.8 Å². The van der Waals surface area contributed by atoms with Gasteiger partial charge in [0.2, 0.25) is 11.8 Å². The van der Waals surface area contributed by atoms with Gasteiger partial charge in [-0.25, -0.2) is 4.90 Å². The summed E-state index contributed by atoms with van der Waals surface area (Å²) in [6.45, 7) is 3.59. The van der Waals surface area contributed by atoms with E-state index in [9.17, 15) is 19.2 Å². The molecule has 2 unspecified atom stereocenters. The van der Waals surface area contributed by atoms with Gasteiger partial charge in [-0.15, -0.1) is 0 Å². The number of esters is 1. The van der Waals surface area contributed by atoms with Crippen molar-refractivity contribution < 1.29 is 19.1 Å². The first-order chi connectivity index (χ1) is 16.4. The Kier molecular flexibility index (Phi) is 5.86. The number of imide groups is 1. The second-order valence-corrected chi connectivity index (χ2v) is 10.2. The summed E-state index contributed by atoms with van der Waals surface area (Å²) in [6.07, 6.45) is 3.29. The van der Waals surface area contributed by atoms with E-state index in [2.05, 4.69) is 4.98 Å². The Balaban J connectivity index is 1.63. The highest BCUT2D eigenvalue weighted by atomic mass is 32.2. The number of fused-ring (bicyclic) bond motifs is 2. The van der Waals surface area contributed by atoms with Gasteiger partial charge in [0, 0.05) is 23.2 Å². The summed E-state index contributed by atoms with van der Waals surface area (Å²) in [5, 5.41) is -0.195. The fraction of sp³-hybridized carbons (Fsp3) is 0.292. The van der Waals surface area contributed by atoms with Crippen LogP contribution in [0.15, 0.2) is 58.6 Å². The van der Waals surface area contributed by atoms with E-state index in [-0.39, 0.29) is 29.8 Å². The van der Waals surface area contributed by atoms with Gasteiger partial charge in [0.25, 0.3) is 0 Å². The van der Waals surface area contributed by atoms with Crippen LogP contribution in [0.3, 0.4) is 0 Å². The monoisotopic (exact) mass is 495 g/mol. The van der Waals surface area contributed by atoms with Gasteiger partial charge >= 0.3 is 10.8 Å². The highest BCUT2D eigenvalue weighted by Crippen LogP contribution is 2.53. The molecule has 1 aromatic carbocycles. The lowest BCUT2D eigenvalue weighted by Crippen LogP contribution is -2.32. The molecule has 0 bridgehead atoms. The molecule has 2 aliphatic rings. The number of nitrogens with zero attached hydrogens (tertiary/aromatic N) is 3. The molecule has 2 amide bonds. The van der Waals surface area contributed by atoms with E-state index < -0.39 is 23.1 Å². The average molecular weight is 496 g/mol. The average Bonchev–Trinajstić information content (AvgIpc) is 3.27. The lowest BCUT2D eigenvalue weighted by molar-refractivity contribution is -0.144. The standard InChI is InChI=1S/C24H21N3O5S2/c1-3-32-16(28)12-26-23-20(34-24(26)31)17(14-5-4-10-25-11-14)18-19(33-23)22(30)27(21(18)29)15-8-6-13(2)7-9-15/h4-11,17-19H,3,12H2,1-2H3/t17-,18?,19?/m1/s1. The molecular weight excluding hydrogens is 474 g/mol. The molecule has 0 radical (unpaired) electrons. The van der Waals surface area contributed by atoms with E-state index in [0.717, 1.165) is 22.5 Å². The molecule has 2 aliphatic heterocycles. The van der Waals surface area contributed by atoms with Crippen molar-refractivity contribution in [2.75, 3.05) is 11.5 Å². The number of pyridine rings is 1. The molecule has 0 spiro atoms. The lowest BCUT2D eigenvalue weighted by atomic mass is 9.84. The molecule has 0 N–H and O–H groups in total. The molecule has 34 heavy (non-hydrogen) atoms. The van der Waals surface area contributed by atoms with Crippen LogP contribution < -0.4 is 9.77 Å². The quantitative estimate of drug-likeness (QED) is 0.396. The number of amides is 2. The Morgan fingerprint density at radius 3 is 2.56 bits per heavy atom. The second-order valence-electron chi connectivity index (χ2n) is 8.10. The van der Waals surface area contributed by atoms with Gasteiger partial charge in [-0.3, -0.25) is 28.7 Å². The fourth-order valence-corrected chi connectivity index (χ4v) is 7.23. The number of aryl methyl sites for hydroxylation is 1. The van der Waals surface area contributed by atoms with Gasteiger partial charge in [-0.1, -0.05) is 46.9 Å². The molecule has 5 rings (SSSR count). The number of benzene rings is 1. The van der Waals surface area contributed by atoms with Gasteiger partial charge in [0.15, 0.2) is 0 Å². The molecular formula is C24H21N3O5S2. The minimum Gasteiger partial charge on any atom is -0.465 e. The van der Waals surface area contributed by atoms with E-state index in [1.54, 1.807) is 37.5 Å². The number of hydrogen-bond acceptors (Lipinski definition) is 8. The molecule has 0 aliphatic carbocycles. The molecule has 0 saturated carbocycles. The number of rotatable bonds is 5. The van der Waals surface area contributed by atoms with Crippen LogP contribution >= 0.6 is 23.1 Å². The summed E-state index contributed by atoms with van der Waals surface area (Å²) in [7, 11) is 0. The van der Waals surface area contributed by atoms with E-state index in [0.29, 0.717) is 15.6 Å². The third-order valence-electron chi connectivity index (χ3n) is 5.98. The topological polar surface area (TPSA) is 98.6 Å². The minimum atomic E-state index is -0.728. The third kappa shape index (κ3) is 3.67. The first-order valence-electron chi connectivity index (χ1n) is 10.8. The zero-order chi connectivity index (χ0) is 24.0. The summed E-state index contributed by atoms with van der Waals surface area (Å²) >= 11 is 2.18. The molecule has 2 aromatic heterocycles. The van der Waals surface area contributed by atoms with E-state index in [1.807, 2.05) is 25.1 Å². The molecule has 1 fully saturated rings. The highest BCUT2D eigenvalue weighted by Gasteiger charge is 2.56. The van der Waals surface area contributed by atoms with E-state index in [4.69, 9.17) is 4.74 Å². The third-order valence-corrected chi connectivity index (χ3v) is 8.58. The van der Waals surface area contributed by atoms with Gasteiger partial charge < -0.3 is 4.74 Å². The summed E-state index contributed by atoms with van der Waals surface area (Å²) in [6, 6.07) is 10.9. The molecule has 3 atom stereocenters. The van der Waals surface area contributed by atoms with Crippen molar-refractivity contribution in [1.29, 1.82) is 0 Å². The maximum atomic E-state index is 13.7. The molecule has 174 valence electrons. The van der Waals surface area contributed by atoms with Crippen LogP contribution in [0.4, 0.5) is 5.69 Å². The number of carbonyl (C=O) groups excluding carboxylic acids is 3. The Morgan fingerprint density at radius 1 is 1.12 bits per heavy atom. The number of aromatic nitrogens is 2. The van der Waals surface area contributed by atoms with Crippen molar-refractivity contribution in [3.8, 4) is 0 Å². The molecule has 10 heteroatoms. The first kappa shape index (κ1) is 22.5. The number of anilines is 1. The van der Waals surface area contributed by atoms with Crippen LogP contribution in [-0.4, -0.2) is 39.2 Å². The predicted octanol–water partition coefficient (Wildman–Crippen LogP) is 2.97. The van der Waals surface area contributed by atoms with Crippen molar-refractivity contribution in [3.05, 3.63) is 74.5 Å². The lowest BCUT2D eigenvalue weighted by Gasteiger charge is -2.30. The van der Waals surface area contributed by atoms with Gasteiger partial charge in [0.1, 0.15) is 11.8 Å². The summed E-state index contributed by atoms with van der Waals surface area (Å²) in [5.41, 5.74) is 2.29. The highest BCUT2D eigenvalue weighted by molar-refractivity contribution is 8.00. The number of ether oxygens (including phenoxy) is 1. The number of thioether (sulfide) groups is 1. The van der Waals surface area contributed by atoms with Crippen molar-refractivity contribution in [2.24, 2.45) is 5.92 Å². The normalized spacial score (nSPS) is 21.4. The summed E-state index contributed by atoms with van der Waals surface area (Å²) < 4.78 is 6.40. The van der Waals surface area contributed by atoms with Crippen LogP contribution in [0, 0.1) is 12.8 Å². The second kappa shape index (κ2) is 8.84. The van der Waals surface area contributed by atoms with Gasteiger partial charge in [-0.05, 0) is 37.6 Å². The molecule has 3 aromatic rings. The minimum absolute atomic E-state index is 0.203. The van der Waals surface area contributed by atoms with Crippen molar-refractivity contribution in [2.45, 2.75) is 36.6 Å². The molecule has 8 nitrogen and oxygen atoms in total. The smallest absolute Gasteiger partial charge is 0.326 e. The Labute approximate surface area is 203 Å². The number of carbonyl (C=O) groups is 3. The van der Waals surface area contributed by atoms with Crippen molar-refractivity contribution in [3.63, 3.8) is 0 Å². The van der Waals surface area contributed by atoms with Gasteiger partial charge in [-0.2, -0.15) is 0 Å². The Hall–Kier alpha value is -3.24. The van der Waals surface area contributed by atoms with E-state index >= 15 is 0 Å². The number of hydrogen-bond donors (Lipinski definition) is 0. The predicted molar refractivity (Wildman–Crippen MR) is 128 cm³/mol. The zero-order valence-electron chi connectivity index (χ0n) is 18.5. The summed E-state index contributed by atoms with van der Waals surface area (Å²) in [5.74, 6) is -2.37.